The number of alkyl carbamates (subject to hydrolysis) is 2. The van der Waals surface area contributed by atoms with Gasteiger partial charge in [0.2, 0.25) is 0 Å². The Morgan fingerprint density at radius 1 is 0.793 bits per heavy atom. The number of carbonyl (C=O) groups is 5. The van der Waals surface area contributed by atoms with Crippen molar-refractivity contribution in [3.63, 3.8) is 0 Å². The number of ether oxygens (including phenoxy) is 3. The van der Waals surface area contributed by atoms with Crippen LogP contribution in [0.5, 0.6) is 0 Å². The molecule has 1 saturated carbocycles. The van der Waals surface area contributed by atoms with Crippen molar-refractivity contribution >= 4 is 30.0 Å². The average molecular weight is 809 g/mol. The van der Waals surface area contributed by atoms with Crippen molar-refractivity contribution in [3.8, 4) is 0 Å². The zero-order valence-corrected chi connectivity index (χ0v) is 35.1. The summed E-state index contributed by atoms with van der Waals surface area (Å²) >= 11 is 0. The van der Waals surface area contributed by atoms with E-state index >= 15 is 0 Å². The monoisotopic (exact) mass is 808 g/mol. The van der Waals surface area contributed by atoms with Gasteiger partial charge in [-0.1, -0.05) is 89.4 Å². The van der Waals surface area contributed by atoms with Crippen molar-refractivity contribution in [3.05, 3.63) is 71.3 Å². The van der Waals surface area contributed by atoms with Gasteiger partial charge in [-0.2, -0.15) is 5.06 Å². The molecule has 58 heavy (non-hydrogen) atoms. The van der Waals surface area contributed by atoms with E-state index in [4.69, 9.17) is 19.0 Å². The minimum Gasteiger partial charge on any atom is -0.453 e. The molecule has 4 rings (SSSR count). The minimum atomic E-state index is -1.12. The molecule has 2 aromatic rings. The van der Waals surface area contributed by atoms with Gasteiger partial charge in [0, 0.05) is 32.7 Å². The van der Waals surface area contributed by atoms with E-state index in [2.05, 4.69) is 21.0 Å². The molecular weight excluding hydrogens is 745 g/mol. The number of hydroxylamine groups is 2. The highest BCUT2D eigenvalue weighted by Crippen LogP contribution is 2.25. The van der Waals surface area contributed by atoms with Crippen molar-refractivity contribution in [1.82, 2.24) is 31.0 Å². The Bertz CT molecular complexity index is 1600. The van der Waals surface area contributed by atoms with Crippen LogP contribution in [-0.2, 0) is 41.6 Å². The van der Waals surface area contributed by atoms with Gasteiger partial charge in [-0.25, -0.2) is 19.4 Å². The summed E-state index contributed by atoms with van der Waals surface area (Å²) in [5.74, 6) is -2.29. The number of nitrogens with zero attached hydrogens (tertiary/aromatic N) is 3. The number of hydrazine groups is 1. The van der Waals surface area contributed by atoms with E-state index in [-0.39, 0.29) is 23.9 Å². The van der Waals surface area contributed by atoms with E-state index in [1.54, 1.807) is 31.0 Å². The lowest BCUT2D eigenvalue weighted by molar-refractivity contribution is -0.184. The summed E-state index contributed by atoms with van der Waals surface area (Å²) in [6.45, 7) is 11.4. The second-order valence-corrected chi connectivity index (χ2v) is 15.9. The van der Waals surface area contributed by atoms with Crippen molar-refractivity contribution < 1.29 is 43.0 Å². The Hall–Kier alpha value is -4.73. The van der Waals surface area contributed by atoms with Crippen molar-refractivity contribution in [2.24, 2.45) is 17.8 Å². The van der Waals surface area contributed by atoms with Crippen LogP contribution in [-0.4, -0.2) is 117 Å². The third-order valence-electron chi connectivity index (χ3n) is 10.7. The molecule has 0 spiro atoms. The van der Waals surface area contributed by atoms with E-state index in [9.17, 15) is 24.0 Å². The predicted molar refractivity (Wildman–Crippen MR) is 218 cm³/mol. The predicted octanol–water partition coefficient (Wildman–Crippen LogP) is 5.10. The van der Waals surface area contributed by atoms with E-state index in [0.717, 1.165) is 61.4 Å². The summed E-state index contributed by atoms with van der Waals surface area (Å²) in [5, 5.41) is 8.16. The molecule has 2 aromatic carbocycles. The SMILES string of the molecule is COC(=O)N[C@H](C(=O)NN(CC1CCCCC1)C[C@H](CCc1ccccc1)N(OC(=O)c1ccc(CN2CCOCC2)cc1)C(=O)[C@@H](NC(=O)OC)C(C)C)C(C)C. The van der Waals surface area contributed by atoms with Crippen LogP contribution >= 0.6 is 0 Å². The van der Waals surface area contributed by atoms with Gasteiger partial charge in [-0.05, 0) is 66.7 Å². The largest absolute Gasteiger partial charge is 0.453 e. The fraction of sp³-hybridized carbons (Fsp3) is 0.605. The van der Waals surface area contributed by atoms with E-state index in [1.807, 2.05) is 56.3 Å². The summed E-state index contributed by atoms with van der Waals surface area (Å²) in [6, 6.07) is 14.0. The summed E-state index contributed by atoms with van der Waals surface area (Å²) in [5.41, 5.74) is 5.32. The van der Waals surface area contributed by atoms with Crippen LogP contribution in [0.4, 0.5) is 9.59 Å². The minimum absolute atomic E-state index is 0.0681. The quantitative estimate of drug-likeness (QED) is 0.172. The van der Waals surface area contributed by atoms with Gasteiger partial charge in [-0.15, -0.1) is 0 Å². The fourth-order valence-corrected chi connectivity index (χ4v) is 7.35. The van der Waals surface area contributed by atoms with Gasteiger partial charge >= 0.3 is 18.2 Å². The number of hydrogen-bond acceptors (Lipinski definition) is 11. The number of hydrogen-bond donors (Lipinski definition) is 3. The smallest absolute Gasteiger partial charge is 0.407 e. The van der Waals surface area contributed by atoms with Crippen LogP contribution in [0.1, 0.15) is 87.7 Å². The maximum atomic E-state index is 14.8. The Labute approximate surface area is 343 Å². The van der Waals surface area contributed by atoms with Crippen LogP contribution in [0, 0.1) is 17.8 Å². The summed E-state index contributed by atoms with van der Waals surface area (Å²) in [6.07, 6.45) is 4.48. The van der Waals surface area contributed by atoms with Gasteiger partial charge in [0.25, 0.3) is 11.8 Å². The third-order valence-corrected chi connectivity index (χ3v) is 10.7. The molecule has 320 valence electrons. The van der Waals surface area contributed by atoms with E-state index in [0.29, 0.717) is 39.1 Å². The number of amides is 4. The highest BCUT2D eigenvalue weighted by atomic mass is 16.7. The first-order chi connectivity index (χ1) is 27.9. The molecule has 1 heterocycles. The molecule has 3 N–H and O–H groups in total. The normalized spacial score (nSPS) is 16.6. The molecular formula is C43H64N6O9. The summed E-state index contributed by atoms with van der Waals surface area (Å²) in [4.78, 5) is 76.1. The molecule has 1 aliphatic carbocycles. The number of aryl methyl sites for hydroxylation is 1. The Morgan fingerprint density at radius 2 is 1.40 bits per heavy atom. The fourth-order valence-electron chi connectivity index (χ4n) is 7.35. The zero-order chi connectivity index (χ0) is 42.0. The second kappa shape index (κ2) is 23.6. The molecule has 4 amide bonds. The highest BCUT2D eigenvalue weighted by Gasteiger charge is 2.38. The molecule has 1 saturated heterocycles. The Morgan fingerprint density at radius 3 is 1.98 bits per heavy atom. The Balaban J connectivity index is 1.72. The van der Waals surface area contributed by atoms with E-state index in [1.165, 1.54) is 14.2 Å². The molecule has 0 aromatic heterocycles. The van der Waals surface area contributed by atoms with Crippen LogP contribution in [0.3, 0.4) is 0 Å². The van der Waals surface area contributed by atoms with Gasteiger partial charge in [-0.3, -0.25) is 19.9 Å². The van der Waals surface area contributed by atoms with E-state index < -0.39 is 54.0 Å². The maximum Gasteiger partial charge on any atom is 0.407 e. The number of morpholine rings is 1. The van der Waals surface area contributed by atoms with Crippen molar-refractivity contribution in [1.29, 1.82) is 0 Å². The first-order valence-corrected chi connectivity index (χ1v) is 20.6. The zero-order valence-electron chi connectivity index (χ0n) is 35.1. The first kappa shape index (κ1) is 46.0. The topological polar surface area (TPSA) is 168 Å². The molecule has 15 nitrogen and oxygen atoms in total. The van der Waals surface area contributed by atoms with Crippen LogP contribution in [0.25, 0.3) is 0 Å². The first-order valence-electron chi connectivity index (χ1n) is 20.6. The lowest BCUT2D eigenvalue weighted by atomic mass is 9.89. The molecule has 0 radical (unpaired) electrons. The maximum absolute atomic E-state index is 14.8. The summed E-state index contributed by atoms with van der Waals surface area (Å²) in [7, 11) is 2.45. The van der Waals surface area contributed by atoms with Gasteiger partial charge in [0.15, 0.2) is 0 Å². The third kappa shape index (κ3) is 14.6. The lowest BCUT2D eigenvalue weighted by Gasteiger charge is -2.38. The van der Waals surface area contributed by atoms with Gasteiger partial charge in [0.05, 0.1) is 39.0 Å². The van der Waals surface area contributed by atoms with Crippen LogP contribution in [0.15, 0.2) is 54.6 Å². The van der Waals surface area contributed by atoms with Crippen LogP contribution < -0.4 is 16.1 Å². The number of rotatable bonds is 18. The molecule has 2 aliphatic rings. The number of methoxy groups -OCH3 is 2. The van der Waals surface area contributed by atoms with Gasteiger partial charge in [0.1, 0.15) is 12.1 Å². The van der Waals surface area contributed by atoms with Crippen LogP contribution in [0.2, 0.25) is 0 Å². The molecule has 1 aliphatic heterocycles. The summed E-state index contributed by atoms with van der Waals surface area (Å²) < 4.78 is 15.2. The molecule has 15 heteroatoms. The number of benzene rings is 2. The highest BCUT2D eigenvalue weighted by molar-refractivity contribution is 5.92. The van der Waals surface area contributed by atoms with Crippen molar-refractivity contribution in [2.75, 3.05) is 53.6 Å². The number of carbonyl (C=O) groups excluding carboxylic acids is 5. The average Bonchev–Trinajstić information content (AvgIpc) is 3.23. The molecule has 0 unspecified atom stereocenters. The lowest BCUT2D eigenvalue weighted by Crippen LogP contribution is -2.60. The standard InChI is InChI=1S/C43H64N6O9/c1-30(2)37(44-42(53)55-5)39(50)46-48(28-33-15-11-8-12-16-33)29-36(22-19-32-13-9-7-10-14-32)49(40(51)38(31(3)4)45-43(54)56-6)58-41(52)35-20-17-34(18-21-35)27-47-23-25-57-26-24-47/h7,9-10,13-14,17-18,20-21,30-31,33,36-38H,8,11-12,15-16,19,22-29H2,1-6H3,(H,44,53)(H,45,54)(H,46,50)/t36-,37-,38-/m0/s1. The van der Waals surface area contributed by atoms with Crippen molar-refractivity contribution in [2.45, 2.75) is 97.3 Å². The second-order valence-electron chi connectivity index (χ2n) is 15.9. The number of nitrogens with one attached hydrogen (secondary N) is 3. The van der Waals surface area contributed by atoms with Gasteiger partial charge < -0.3 is 29.7 Å². The molecule has 3 atom stereocenters. The molecule has 0 bridgehead atoms. The molecule has 2 fully saturated rings. The Kier molecular flexibility index (Phi) is 18.7.